The molecule has 0 spiro atoms. The predicted octanol–water partition coefficient (Wildman–Crippen LogP) is 5.79. The van der Waals surface area contributed by atoms with Crippen LogP contribution in [0.4, 0.5) is 4.79 Å². The molecule has 1 aromatic heterocycles. The van der Waals surface area contributed by atoms with Gasteiger partial charge in [0.15, 0.2) is 0 Å². The Hall–Kier alpha value is -3.92. The minimum Gasteiger partial charge on any atom is -0.449 e. The Labute approximate surface area is 181 Å². The first-order valence-electron chi connectivity index (χ1n) is 10.4. The zero-order chi connectivity index (χ0) is 21.0. The number of fused-ring (bicyclic) bond motifs is 4. The van der Waals surface area contributed by atoms with Gasteiger partial charge in [-0.15, -0.1) is 0 Å². The van der Waals surface area contributed by atoms with Crippen LogP contribution in [0.5, 0.6) is 0 Å². The second kappa shape index (κ2) is 8.44. The maximum absolute atomic E-state index is 12.2. The fourth-order valence-corrected chi connectivity index (χ4v) is 4.15. The molecule has 5 rings (SSSR count). The van der Waals surface area contributed by atoms with Crippen LogP contribution in [0.25, 0.3) is 28.1 Å². The number of hydrogen-bond acceptors (Lipinski definition) is 3. The Bertz CT molecular complexity index is 1230. The first kappa shape index (κ1) is 19.1. The number of nitrogens with zero attached hydrogens (tertiary/aromatic N) is 1. The van der Waals surface area contributed by atoms with Crippen LogP contribution in [0.15, 0.2) is 91.0 Å². The van der Waals surface area contributed by atoms with Crippen molar-refractivity contribution in [1.82, 2.24) is 10.3 Å². The van der Waals surface area contributed by atoms with Crippen molar-refractivity contribution in [3.63, 3.8) is 0 Å². The maximum Gasteiger partial charge on any atom is 0.407 e. The van der Waals surface area contributed by atoms with Gasteiger partial charge in [0.25, 0.3) is 0 Å². The summed E-state index contributed by atoms with van der Waals surface area (Å²) in [5.41, 5.74) is 6.66. The fraction of sp³-hybridized carbons (Fsp3) is 0.111. The highest BCUT2D eigenvalue weighted by Gasteiger charge is 2.28. The standard InChI is InChI=1S/C27H22N2O2/c30-27(28-17-7-9-20-16-15-19-8-1-6-14-26(19)29-20)31-18-25-23-12-4-2-10-21(23)22-11-3-5-13-24(22)25/h1-16,25H,17-18H2,(H,28,30). The van der Waals surface area contributed by atoms with Gasteiger partial charge in [0.2, 0.25) is 0 Å². The van der Waals surface area contributed by atoms with Gasteiger partial charge in [0.05, 0.1) is 11.2 Å². The topological polar surface area (TPSA) is 51.2 Å². The van der Waals surface area contributed by atoms with E-state index in [1.165, 1.54) is 22.3 Å². The molecular formula is C27H22N2O2. The number of alkyl carbamates (subject to hydrolysis) is 1. The quantitative estimate of drug-likeness (QED) is 0.457. The van der Waals surface area contributed by atoms with Crippen LogP contribution >= 0.6 is 0 Å². The van der Waals surface area contributed by atoms with Crippen LogP contribution in [0.2, 0.25) is 0 Å². The Morgan fingerprint density at radius 1 is 0.871 bits per heavy atom. The molecule has 0 unspecified atom stereocenters. The highest BCUT2D eigenvalue weighted by molar-refractivity contribution is 5.80. The molecule has 1 aliphatic rings. The van der Waals surface area contributed by atoms with Gasteiger partial charge < -0.3 is 10.1 Å². The SMILES string of the molecule is O=C(NCC=Cc1ccc2ccccc2n1)OCC1c2ccccc2-c2ccccc21. The summed E-state index contributed by atoms with van der Waals surface area (Å²) in [6, 6.07) is 28.6. The number of ether oxygens (including phenoxy) is 1. The van der Waals surface area contributed by atoms with Crippen molar-refractivity contribution in [3.05, 3.63) is 108 Å². The average Bonchev–Trinajstić information content (AvgIpc) is 3.14. The summed E-state index contributed by atoms with van der Waals surface area (Å²) in [5.74, 6) is 0.0653. The summed E-state index contributed by atoms with van der Waals surface area (Å²) in [5, 5.41) is 3.89. The molecule has 31 heavy (non-hydrogen) atoms. The van der Waals surface area contributed by atoms with Crippen LogP contribution in [0.3, 0.4) is 0 Å². The molecule has 0 saturated heterocycles. The monoisotopic (exact) mass is 406 g/mol. The van der Waals surface area contributed by atoms with Crippen molar-refractivity contribution in [2.45, 2.75) is 5.92 Å². The Morgan fingerprint density at radius 3 is 2.32 bits per heavy atom. The average molecular weight is 406 g/mol. The predicted molar refractivity (Wildman–Crippen MR) is 124 cm³/mol. The number of carbonyl (C=O) groups excluding carboxylic acids is 1. The highest BCUT2D eigenvalue weighted by Crippen LogP contribution is 2.44. The van der Waals surface area contributed by atoms with E-state index in [9.17, 15) is 4.79 Å². The molecule has 0 bridgehead atoms. The van der Waals surface area contributed by atoms with E-state index in [2.05, 4.69) is 34.6 Å². The molecule has 0 fully saturated rings. The summed E-state index contributed by atoms with van der Waals surface area (Å²) in [6.45, 7) is 0.695. The van der Waals surface area contributed by atoms with Gasteiger partial charge >= 0.3 is 6.09 Å². The molecule has 1 amide bonds. The Kier molecular flexibility index (Phi) is 5.19. The van der Waals surface area contributed by atoms with Crippen LogP contribution in [0, 0.1) is 0 Å². The third kappa shape index (κ3) is 3.92. The largest absolute Gasteiger partial charge is 0.449 e. The second-order valence-electron chi connectivity index (χ2n) is 7.54. The summed E-state index contributed by atoms with van der Waals surface area (Å²) in [4.78, 5) is 16.8. The molecule has 0 radical (unpaired) electrons. The number of aromatic nitrogens is 1. The molecule has 4 nitrogen and oxygen atoms in total. The molecule has 4 aromatic rings. The molecule has 3 aromatic carbocycles. The van der Waals surface area contributed by atoms with E-state index in [0.717, 1.165) is 16.6 Å². The van der Waals surface area contributed by atoms with Crippen molar-refractivity contribution in [1.29, 1.82) is 0 Å². The number of pyridine rings is 1. The Morgan fingerprint density at radius 2 is 1.55 bits per heavy atom. The lowest BCUT2D eigenvalue weighted by atomic mass is 9.98. The van der Waals surface area contributed by atoms with Crippen LogP contribution < -0.4 is 5.32 Å². The van der Waals surface area contributed by atoms with Gasteiger partial charge in [0.1, 0.15) is 6.61 Å². The Balaban J connectivity index is 1.17. The van der Waals surface area contributed by atoms with E-state index in [0.29, 0.717) is 13.2 Å². The second-order valence-corrected chi connectivity index (χ2v) is 7.54. The number of nitrogens with one attached hydrogen (secondary N) is 1. The van der Waals surface area contributed by atoms with Gasteiger partial charge in [-0.25, -0.2) is 9.78 Å². The molecule has 0 saturated carbocycles. The number of rotatable bonds is 5. The lowest BCUT2D eigenvalue weighted by molar-refractivity contribution is 0.144. The van der Waals surface area contributed by atoms with Gasteiger partial charge in [-0.2, -0.15) is 0 Å². The third-order valence-corrected chi connectivity index (χ3v) is 5.62. The van der Waals surface area contributed by atoms with Crippen LogP contribution in [-0.4, -0.2) is 24.2 Å². The smallest absolute Gasteiger partial charge is 0.407 e. The first-order chi connectivity index (χ1) is 15.3. The first-order valence-corrected chi connectivity index (χ1v) is 10.4. The molecule has 152 valence electrons. The summed E-state index contributed by atoms with van der Waals surface area (Å²) >= 11 is 0. The number of amides is 1. The van der Waals surface area contributed by atoms with Gasteiger partial charge in [-0.1, -0.05) is 78.9 Å². The van der Waals surface area contributed by atoms with Gasteiger partial charge in [-0.05, 0) is 40.5 Å². The van der Waals surface area contributed by atoms with Crippen molar-refractivity contribution in [2.75, 3.05) is 13.2 Å². The lowest BCUT2D eigenvalue weighted by Gasteiger charge is -2.14. The lowest BCUT2D eigenvalue weighted by Crippen LogP contribution is -2.26. The third-order valence-electron chi connectivity index (χ3n) is 5.62. The summed E-state index contributed by atoms with van der Waals surface area (Å²) in [7, 11) is 0. The van der Waals surface area contributed by atoms with E-state index in [-0.39, 0.29) is 5.92 Å². The van der Waals surface area contributed by atoms with Crippen LogP contribution in [0.1, 0.15) is 22.7 Å². The van der Waals surface area contributed by atoms with E-state index < -0.39 is 6.09 Å². The van der Waals surface area contributed by atoms with Gasteiger partial charge in [0, 0.05) is 17.8 Å². The molecule has 0 atom stereocenters. The molecule has 1 N–H and O–H groups in total. The van der Waals surface area contributed by atoms with Crippen molar-refractivity contribution >= 4 is 23.1 Å². The molecule has 1 heterocycles. The van der Waals surface area contributed by atoms with Crippen molar-refractivity contribution < 1.29 is 9.53 Å². The minimum atomic E-state index is -0.419. The van der Waals surface area contributed by atoms with E-state index in [1.807, 2.05) is 72.8 Å². The van der Waals surface area contributed by atoms with Crippen molar-refractivity contribution in [3.8, 4) is 11.1 Å². The molecule has 4 heteroatoms. The highest BCUT2D eigenvalue weighted by atomic mass is 16.5. The molecule has 1 aliphatic carbocycles. The molecular weight excluding hydrogens is 384 g/mol. The van der Waals surface area contributed by atoms with E-state index >= 15 is 0 Å². The number of benzene rings is 3. The summed E-state index contributed by atoms with van der Waals surface area (Å²) in [6.07, 6.45) is 3.35. The zero-order valence-electron chi connectivity index (χ0n) is 17.0. The number of carbonyl (C=O) groups is 1. The molecule has 0 aliphatic heterocycles. The number of hydrogen-bond donors (Lipinski definition) is 1. The zero-order valence-corrected chi connectivity index (χ0v) is 17.0. The van der Waals surface area contributed by atoms with E-state index in [4.69, 9.17) is 4.74 Å². The van der Waals surface area contributed by atoms with E-state index in [1.54, 1.807) is 0 Å². The maximum atomic E-state index is 12.2. The van der Waals surface area contributed by atoms with Gasteiger partial charge in [-0.3, -0.25) is 0 Å². The normalized spacial score (nSPS) is 12.6. The summed E-state index contributed by atoms with van der Waals surface area (Å²) < 4.78 is 5.55. The minimum absolute atomic E-state index is 0.0653. The fourth-order valence-electron chi connectivity index (χ4n) is 4.15. The van der Waals surface area contributed by atoms with Crippen LogP contribution in [-0.2, 0) is 4.74 Å². The number of para-hydroxylation sites is 1. The van der Waals surface area contributed by atoms with Crippen molar-refractivity contribution in [2.24, 2.45) is 0 Å².